The van der Waals surface area contributed by atoms with E-state index < -0.39 is 17.3 Å². The van der Waals surface area contributed by atoms with E-state index in [1.165, 1.54) is 19.2 Å². The second-order valence-corrected chi connectivity index (χ2v) is 3.28. The van der Waals surface area contributed by atoms with Crippen LogP contribution in [0.3, 0.4) is 0 Å². The van der Waals surface area contributed by atoms with E-state index in [2.05, 4.69) is 0 Å². The second-order valence-electron chi connectivity index (χ2n) is 3.28. The Morgan fingerprint density at radius 2 is 2.19 bits per heavy atom. The average molecular weight is 225 g/mol. The van der Waals surface area contributed by atoms with Crippen molar-refractivity contribution in [2.24, 2.45) is 0 Å². The van der Waals surface area contributed by atoms with Crippen LogP contribution >= 0.6 is 0 Å². The molecule has 86 valence electrons. The molecule has 0 saturated heterocycles. The molecule has 6 heteroatoms. The highest BCUT2D eigenvalue weighted by atomic mass is 16.6. The summed E-state index contributed by atoms with van der Waals surface area (Å²) in [5, 5.41) is 19.5. The number of methoxy groups -OCH3 is 1. The molecule has 16 heavy (non-hydrogen) atoms. The molecule has 0 atom stereocenters. The van der Waals surface area contributed by atoms with Gasteiger partial charge in [0.2, 0.25) is 0 Å². The monoisotopic (exact) mass is 225 g/mol. The standard InChI is InChI=1S/C10H11NO5/c1-6-3-8(16-2)4-7(5-9(12)13)10(6)11(14)15/h3-4H,5H2,1-2H3,(H,12,13). The van der Waals surface area contributed by atoms with Crippen molar-refractivity contribution in [3.63, 3.8) is 0 Å². The number of hydrogen-bond donors (Lipinski definition) is 1. The van der Waals surface area contributed by atoms with Crippen LogP contribution in [0.15, 0.2) is 12.1 Å². The highest BCUT2D eigenvalue weighted by Crippen LogP contribution is 2.28. The molecule has 0 amide bonds. The topological polar surface area (TPSA) is 89.7 Å². The first-order valence-corrected chi connectivity index (χ1v) is 4.49. The molecular weight excluding hydrogens is 214 g/mol. The van der Waals surface area contributed by atoms with Crippen molar-refractivity contribution >= 4 is 11.7 Å². The minimum Gasteiger partial charge on any atom is -0.497 e. The van der Waals surface area contributed by atoms with Crippen LogP contribution < -0.4 is 4.74 Å². The molecule has 0 aliphatic heterocycles. The van der Waals surface area contributed by atoms with Crippen LogP contribution in [0.5, 0.6) is 5.75 Å². The smallest absolute Gasteiger partial charge is 0.308 e. The molecule has 0 fully saturated rings. The van der Waals surface area contributed by atoms with Crippen LogP contribution in [0, 0.1) is 17.0 Å². The van der Waals surface area contributed by atoms with Crippen LogP contribution in [0.4, 0.5) is 5.69 Å². The number of nitrogens with zero attached hydrogens (tertiary/aromatic N) is 1. The van der Waals surface area contributed by atoms with Crippen molar-refractivity contribution in [2.75, 3.05) is 7.11 Å². The quantitative estimate of drug-likeness (QED) is 0.620. The summed E-state index contributed by atoms with van der Waals surface area (Å²) < 4.78 is 4.94. The van der Waals surface area contributed by atoms with Gasteiger partial charge in [0.1, 0.15) is 5.75 Å². The number of aliphatic carboxylic acids is 1. The van der Waals surface area contributed by atoms with Crippen molar-refractivity contribution < 1.29 is 19.6 Å². The Morgan fingerprint density at radius 1 is 1.56 bits per heavy atom. The maximum absolute atomic E-state index is 10.8. The van der Waals surface area contributed by atoms with Gasteiger partial charge < -0.3 is 9.84 Å². The zero-order valence-electron chi connectivity index (χ0n) is 8.89. The molecule has 0 unspecified atom stereocenters. The SMILES string of the molecule is COc1cc(C)c([N+](=O)[O-])c(CC(=O)O)c1. The van der Waals surface area contributed by atoms with Gasteiger partial charge in [-0.3, -0.25) is 14.9 Å². The fraction of sp³-hybridized carbons (Fsp3) is 0.300. The number of carbonyl (C=O) groups is 1. The number of rotatable bonds is 4. The van der Waals surface area contributed by atoms with Gasteiger partial charge in [0.25, 0.3) is 5.69 Å². The summed E-state index contributed by atoms with van der Waals surface area (Å²) in [6.45, 7) is 1.55. The number of aryl methyl sites for hydroxylation is 1. The van der Waals surface area contributed by atoms with Crippen molar-refractivity contribution in [3.05, 3.63) is 33.4 Å². The molecule has 1 aromatic carbocycles. The molecule has 0 aliphatic rings. The lowest BCUT2D eigenvalue weighted by Gasteiger charge is -2.06. The van der Waals surface area contributed by atoms with Crippen molar-refractivity contribution in [1.82, 2.24) is 0 Å². The van der Waals surface area contributed by atoms with Gasteiger partial charge in [-0.2, -0.15) is 0 Å². The van der Waals surface area contributed by atoms with E-state index in [4.69, 9.17) is 9.84 Å². The van der Waals surface area contributed by atoms with E-state index >= 15 is 0 Å². The first-order valence-electron chi connectivity index (χ1n) is 4.49. The number of benzene rings is 1. The number of carboxylic acid groups (broad SMARTS) is 1. The zero-order chi connectivity index (χ0) is 12.3. The molecule has 6 nitrogen and oxygen atoms in total. The largest absolute Gasteiger partial charge is 0.497 e. The maximum Gasteiger partial charge on any atom is 0.308 e. The van der Waals surface area contributed by atoms with Crippen LogP contribution in [-0.4, -0.2) is 23.1 Å². The summed E-state index contributed by atoms with van der Waals surface area (Å²) in [5.41, 5.74) is 0.373. The fourth-order valence-corrected chi connectivity index (χ4v) is 1.49. The predicted octanol–water partition coefficient (Wildman–Crippen LogP) is 1.54. The molecule has 0 radical (unpaired) electrons. The summed E-state index contributed by atoms with van der Waals surface area (Å²) in [5.74, 6) is -0.699. The second kappa shape index (κ2) is 4.61. The average Bonchev–Trinajstić information content (AvgIpc) is 2.14. The van der Waals surface area contributed by atoms with Gasteiger partial charge in [0.05, 0.1) is 18.5 Å². The lowest BCUT2D eigenvalue weighted by Crippen LogP contribution is -2.05. The Morgan fingerprint density at radius 3 is 2.62 bits per heavy atom. The van der Waals surface area contributed by atoms with Crippen LogP contribution in [0.25, 0.3) is 0 Å². The highest BCUT2D eigenvalue weighted by molar-refractivity contribution is 5.73. The van der Waals surface area contributed by atoms with E-state index in [9.17, 15) is 14.9 Å². The molecule has 1 N–H and O–H groups in total. The maximum atomic E-state index is 10.8. The van der Waals surface area contributed by atoms with E-state index in [0.717, 1.165) is 0 Å². The zero-order valence-corrected chi connectivity index (χ0v) is 8.89. The minimum atomic E-state index is -1.12. The lowest BCUT2D eigenvalue weighted by atomic mass is 10.0. The van der Waals surface area contributed by atoms with E-state index in [0.29, 0.717) is 11.3 Å². The predicted molar refractivity (Wildman–Crippen MR) is 55.7 cm³/mol. The normalized spacial score (nSPS) is 9.88. The fourth-order valence-electron chi connectivity index (χ4n) is 1.49. The summed E-state index contributed by atoms with van der Waals surface area (Å²) in [6, 6.07) is 2.88. The van der Waals surface area contributed by atoms with Crippen molar-refractivity contribution in [2.45, 2.75) is 13.3 Å². The molecule has 0 aromatic heterocycles. The van der Waals surface area contributed by atoms with Crippen LogP contribution in [0.1, 0.15) is 11.1 Å². The van der Waals surface area contributed by atoms with E-state index in [-0.39, 0.29) is 11.3 Å². The van der Waals surface area contributed by atoms with Crippen LogP contribution in [0.2, 0.25) is 0 Å². The van der Waals surface area contributed by atoms with E-state index in [1.807, 2.05) is 0 Å². The third-order valence-electron chi connectivity index (χ3n) is 2.11. The number of hydrogen-bond acceptors (Lipinski definition) is 4. The molecule has 1 aromatic rings. The summed E-state index contributed by atoms with van der Waals surface area (Å²) in [4.78, 5) is 20.8. The lowest BCUT2D eigenvalue weighted by molar-refractivity contribution is -0.386. The van der Waals surface area contributed by atoms with Gasteiger partial charge in [-0.15, -0.1) is 0 Å². The van der Waals surface area contributed by atoms with Crippen LogP contribution in [-0.2, 0) is 11.2 Å². The Labute approximate surface area is 91.6 Å². The van der Waals surface area contributed by atoms with E-state index in [1.54, 1.807) is 6.92 Å². The molecule has 1 rings (SSSR count). The molecule has 0 heterocycles. The Hall–Kier alpha value is -2.11. The third kappa shape index (κ3) is 2.47. The number of ether oxygens (including phenoxy) is 1. The molecule has 0 saturated carbocycles. The Bertz CT molecular complexity index is 441. The molecule has 0 aliphatic carbocycles. The third-order valence-corrected chi connectivity index (χ3v) is 2.11. The highest BCUT2D eigenvalue weighted by Gasteiger charge is 2.20. The number of nitro benzene ring substituents is 1. The van der Waals surface area contributed by atoms with Gasteiger partial charge in [-0.1, -0.05) is 0 Å². The molecule has 0 bridgehead atoms. The van der Waals surface area contributed by atoms with Gasteiger partial charge in [-0.05, 0) is 19.1 Å². The Kier molecular flexibility index (Phi) is 3.44. The first-order chi connectivity index (χ1) is 7.45. The number of nitro groups is 1. The van der Waals surface area contributed by atoms with Crippen molar-refractivity contribution in [3.8, 4) is 5.75 Å². The summed E-state index contributed by atoms with van der Waals surface area (Å²) in [6.07, 6.45) is -0.394. The summed E-state index contributed by atoms with van der Waals surface area (Å²) >= 11 is 0. The molecule has 0 spiro atoms. The van der Waals surface area contributed by atoms with Gasteiger partial charge in [0, 0.05) is 11.1 Å². The Balaban J connectivity index is 3.34. The van der Waals surface area contributed by atoms with Crippen molar-refractivity contribution in [1.29, 1.82) is 0 Å². The van der Waals surface area contributed by atoms with Gasteiger partial charge >= 0.3 is 5.97 Å². The molecular formula is C10H11NO5. The van der Waals surface area contributed by atoms with Gasteiger partial charge in [0.15, 0.2) is 0 Å². The number of carboxylic acids is 1. The summed E-state index contributed by atoms with van der Waals surface area (Å²) in [7, 11) is 1.42. The minimum absolute atomic E-state index is 0.148. The first kappa shape index (κ1) is 12.0. The van der Waals surface area contributed by atoms with Gasteiger partial charge in [-0.25, -0.2) is 0 Å².